The number of rotatable bonds is 3. The van der Waals surface area contributed by atoms with Gasteiger partial charge in [-0.05, 0) is 69.8 Å². The van der Waals surface area contributed by atoms with E-state index in [-0.39, 0.29) is 0 Å². The summed E-state index contributed by atoms with van der Waals surface area (Å²) in [5.41, 5.74) is 7.78. The molecule has 2 aliphatic carbocycles. The van der Waals surface area contributed by atoms with Crippen LogP contribution in [0, 0.1) is 24.0 Å². The van der Waals surface area contributed by atoms with Crippen molar-refractivity contribution in [2.75, 3.05) is 0 Å². The molecule has 132 valence electrons. The van der Waals surface area contributed by atoms with Gasteiger partial charge in [0.05, 0.1) is 0 Å². The Labute approximate surface area is 162 Å². The monoisotopic (exact) mass is 348 g/mol. The van der Waals surface area contributed by atoms with Crippen LogP contribution in [0.25, 0.3) is 27.8 Å². The van der Waals surface area contributed by atoms with Crippen LogP contribution in [-0.2, 0) is 0 Å². The molecule has 0 saturated heterocycles. The Morgan fingerprint density at radius 2 is 1.30 bits per heavy atom. The van der Waals surface area contributed by atoms with Gasteiger partial charge in [0, 0.05) is 0 Å². The zero-order valence-corrected chi connectivity index (χ0v) is 15.9. The third-order valence-corrected chi connectivity index (χ3v) is 5.30. The van der Waals surface area contributed by atoms with Gasteiger partial charge in [-0.1, -0.05) is 92.7 Å². The van der Waals surface area contributed by atoms with E-state index < -0.39 is 0 Å². The van der Waals surface area contributed by atoms with Gasteiger partial charge in [0.15, 0.2) is 0 Å². The fraction of sp³-hybridized carbons (Fsp3) is 0.185. The fourth-order valence-electron chi connectivity index (χ4n) is 3.76. The molecule has 2 unspecified atom stereocenters. The molecular weight excluding hydrogens is 324 g/mol. The predicted octanol–water partition coefficient (Wildman–Crippen LogP) is 7.24. The lowest BCUT2D eigenvalue weighted by atomic mass is 9.94. The van der Waals surface area contributed by atoms with Crippen molar-refractivity contribution >= 4 is 5.57 Å². The van der Waals surface area contributed by atoms with Crippen molar-refractivity contribution in [3.63, 3.8) is 0 Å². The molecule has 3 aromatic carbocycles. The van der Waals surface area contributed by atoms with Crippen LogP contribution >= 0.6 is 0 Å². The van der Waals surface area contributed by atoms with E-state index in [4.69, 9.17) is 0 Å². The van der Waals surface area contributed by atoms with Crippen LogP contribution in [0.4, 0.5) is 0 Å². The molecule has 0 amide bonds. The third-order valence-electron chi connectivity index (χ3n) is 5.30. The molecule has 0 N–H and O–H groups in total. The van der Waals surface area contributed by atoms with Gasteiger partial charge < -0.3 is 0 Å². The van der Waals surface area contributed by atoms with E-state index in [1.807, 2.05) is 26.0 Å². The standard InChI is InChI=1S/C25H18.C2H6/c1-2-5-18(6-3-1)19-9-11-20(12-10-19)21-13-15-22(16-14-21)24-8-4-7-23-17-25(23)24;1-2/h2,4-16,23,25H,17H2;1-2H3. The summed E-state index contributed by atoms with van der Waals surface area (Å²) in [6, 6.07) is 29.7. The zero-order valence-electron chi connectivity index (χ0n) is 15.9. The summed E-state index contributed by atoms with van der Waals surface area (Å²) in [5.74, 6) is 1.55. The Hall–Kier alpha value is -3.04. The van der Waals surface area contributed by atoms with E-state index in [0.29, 0.717) is 0 Å². The van der Waals surface area contributed by atoms with Crippen LogP contribution in [0.2, 0.25) is 0 Å². The molecule has 0 heterocycles. The van der Waals surface area contributed by atoms with Crippen molar-refractivity contribution < 1.29 is 0 Å². The first-order valence-corrected chi connectivity index (χ1v) is 9.86. The summed E-state index contributed by atoms with van der Waals surface area (Å²) in [4.78, 5) is 0. The topological polar surface area (TPSA) is 0 Å². The smallest absolute Gasteiger partial charge is 0.00365 e. The summed E-state index contributed by atoms with van der Waals surface area (Å²) in [6.07, 6.45) is 8.16. The second-order valence-electron chi connectivity index (χ2n) is 6.89. The van der Waals surface area contributed by atoms with Crippen LogP contribution in [0.5, 0.6) is 0 Å². The summed E-state index contributed by atoms with van der Waals surface area (Å²) in [5, 5.41) is 0. The van der Waals surface area contributed by atoms with Gasteiger partial charge in [-0.2, -0.15) is 0 Å². The van der Waals surface area contributed by atoms with Crippen LogP contribution in [0.15, 0.2) is 85.0 Å². The first kappa shape index (κ1) is 17.4. The number of hydrogen-bond acceptors (Lipinski definition) is 0. The number of hydrogen-bond donors (Lipinski definition) is 0. The minimum absolute atomic E-state index is 0.759. The van der Waals surface area contributed by atoms with Gasteiger partial charge >= 0.3 is 0 Å². The molecule has 0 radical (unpaired) electrons. The minimum Gasteiger partial charge on any atom is -0.0808 e. The van der Waals surface area contributed by atoms with Gasteiger partial charge in [-0.15, -0.1) is 0 Å². The van der Waals surface area contributed by atoms with E-state index in [0.717, 1.165) is 11.8 Å². The van der Waals surface area contributed by atoms with Gasteiger partial charge in [-0.3, -0.25) is 0 Å². The third kappa shape index (κ3) is 3.60. The van der Waals surface area contributed by atoms with Crippen molar-refractivity contribution in [2.45, 2.75) is 20.3 Å². The zero-order chi connectivity index (χ0) is 18.6. The van der Waals surface area contributed by atoms with Crippen molar-refractivity contribution in [1.29, 1.82) is 0 Å². The van der Waals surface area contributed by atoms with Crippen LogP contribution in [0.3, 0.4) is 0 Å². The molecule has 1 fully saturated rings. The van der Waals surface area contributed by atoms with E-state index >= 15 is 0 Å². The Balaban J connectivity index is 0.000000872. The maximum absolute atomic E-state index is 3.01. The maximum Gasteiger partial charge on any atom is -0.00365 e. The highest BCUT2D eigenvalue weighted by Crippen LogP contribution is 2.51. The molecular formula is C27H24. The van der Waals surface area contributed by atoms with Gasteiger partial charge in [-0.25, -0.2) is 0 Å². The van der Waals surface area contributed by atoms with E-state index in [9.17, 15) is 0 Å². The summed E-state index contributed by atoms with van der Waals surface area (Å²) in [7, 11) is 0. The Bertz CT molecular complexity index is 941. The summed E-state index contributed by atoms with van der Waals surface area (Å²) in [6.45, 7) is 4.00. The molecule has 27 heavy (non-hydrogen) atoms. The highest BCUT2D eigenvalue weighted by Gasteiger charge is 2.39. The SMILES string of the molecule is CC.c1ccc(-c2ccc(-c3ccc(C4=CC=CC5CC45)cc3)cc2)cc#1. The van der Waals surface area contributed by atoms with E-state index in [1.54, 1.807) is 0 Å². The number of benzene rings is 2. The molecule has 0 aromatic heterocycles. The molecule has 0 heteroatoms. The summed E-state index contributed by atoms with van der Waals surface area (Å²) >= 11 is 0. The van der Waals surface area contributed by atoms with E-state index in [2.05, 4.69) is 85.0 Å². The van der Waals surface area contributed by atoms with Gasteiger partial charge in [0.25, 0.3) is 0 Å². The molecule has 5 rings (SSSR count). The average molecular weight is 348 g/mol. The fourth-order valence-corrected chi connectivity index (χ4v) is 3.76. The Morgan fingerprint density at radius 1 is 0.704 bits per heavy atom. The van der Waals surface area contributed by atoms with E-state index in [1.165, 1.54) is 39.8 Å². The van der Waals surface area contributed by atoms with Crippen LogP contribution < -0.4 is 0 Å². The molecule has 0 bridgehead atoms. The van der Waals surface area contributed by atoms with Crippen LogP contribution in [-0.4, -0.2) is 0 Å². The molecule has 1 saturated carbocycles. The van der Waals surface area contributed by atoms with Crippen LogP contribution in [0.1, 0.15) is 25.8 Å². The quantitative estimate of drug-likeness (QED) is 0.468. The molecule has 0 nitrogen and oxygen atoms in total. The molecule has 3 aromatic rings. The lowest BCUT2D eigenvalue weighted by Crippen LogP contribution is -1.92. The minimum atomic E-state index is 0.759. The summed E-state index contributed by atoms with van der Waals surface area (Å²) < 4.78 is 0. The number of allylic oxidation sites excluding steroid dienone is 4. The first-order valence-electron chi connectivity index (χ1n) is 9.86. The van der Waals surface area contributed by atoms with Gasteiger partial charge in [0.1, 0.15) is 0 Å². The van der Waals surface area contributed by atoms with Crippen molar-refractivity contribution in [2.24, 2.45) is 11.8 Å². The second kappa shape index (κ2) is 7.68. The van der Waals surface area contributed by atoms with Crippen molar-refractivity contribution in [3.05, 3.63) is 103 Å². The lowest BCUT2D eigenvalue weighted by Gasteiger charge is -2.10. The molecule has 2 aliphatic rings. The van der Waals surface area contributed by atoms with Gasteiger partial charge in [0.2, 0.25) is 0 Å². The largest absolute Gasteiger partial charge is 0.0808 e. The Kier molecular flexibility index (Phi) is 4.95. The Morgan fingerprint density at radius 3 is 1.89 bits per heavy atom. The van der Waals surface area contributed by atoms with Crippen molar-refractivity contribution in [1.82, 2.24) is 0 Å². The lowest BCUT2D eigenvalue weighted by molar-refractivity contribution is 0.999. The highest BCUT2D eigenvalue weighted by atomic mass is 14.4. The molecule has 2 atom stereocenters. The highest BCUT2D eigenvalue weighted by molar-refractivity contribution is 5.76. The second-order valence-corrected chi connectivity index (χ2v) is 6.89. The maximum atomic E-state index is 3.01. The first-order chi connectivity index (χ1) is 13.4. The predicted molar refractivity (Wildman–Crippen MR) is 115 cm³/mol. The molecule has 0 spiro atoms. The van der Waals surface area contributed by atoms with Crippen molar-refractivity contribution in [3.8, 4) is 22.3 Å². The normalized spacial score (nSPS) is 19.1. The molecule has 0 aliphatic heterocycles. The average Bonchev–Trinajstić information content (AvgIpc) is 3.56. The number of fused-ring (bicyclic) bond motifs is 1.